The molecule has 3 nitrogen and oxygen atoms in total. The SMILES string of the molecule is Nc1ccc(C(c2ccc(Cl)cc2)N2CCCCC2)cc1N. The van der Waals surface area contributed by atoms with Gasteiger partial charge in [0, 0.05) is 5.02 Å². The Morgan fingerprint density at radius 2 is 1.45 bits per heavy atom. The van der Waals surface area contributed by atoms with Crippen molar-refractivity contribution in [3.8, 4) is 0 Å². The molecule has 0 amide bonds. The lowest BCUT2D eigenvalue weighted by Gasteiger charge is -2.35. The van der Waals surface area contributed by atoms with E-state index in [1.807, 2.05) is 24.3 Å². The van der Waals surface area contributed by atoms with E-state index < -0.39 is 0 Å². The Bertz CT molecular complexity index is 633. The topological polar surface area (TPSA) is 55.3 Å². The van der Waals surface area contributed by atoms with Crippen LogP contribution in [0, 0.1) is 0 Å². The average Bonchev–Trinajstić information content (AvgIpc) is 2.54. The zero-order chi connectivity index (χ0) is 15.5. The monoisotopic (exact) mass is 315 g/mol. The van der Waals surface area contributed by atoms with E-state index in [0.717, 1.165) is 18.1 Å². The summed E-state index contributed by atoms with van der Waals surface area (Å²) in [7, 11) is 0. The minimum atomic E-state index is 0.209. The van der Waals surface area contributed by atoms with Crippen molar-refractivity contribution in [2.24, 2.45) is 0 Å². The first-order chi connectivity index (χ1) is 10.6. The fourth-order valence-corrected chi connectivity index (χ4v) is 3.33. The van der Waals surface area contributed by atoms with Crippen molar-refractivity contribution in [3.63, 3.8) is 0 Å². The standard InChI is InChI=1S/C18H22ClN3/c19-15-7-4-13(5-8-15)18(22-10-2-1-3-11-22)14-6-9-16(20)17(21)12-14/h4-9,12,18H,1-3,10-11,20-21H2. The van der Waals surface area contributed by atoms with Crippen LogP contribution in [0.15, 0.2) is 42.5 Å². The first kappa shape index (κ1) is 15.2. The molecule has 0 saturated carbocycles. The van der Waals surface area contributed by atoms with Crippen molar-refractivity contribution < 1.29 is 0 Å². The maximum absolute atomic E-state index is 6.04. The van der Waals surface area contributed by atoms with Crippen LogP contribution in [-0.2, 0) is 0 Å². The number of benzene rings is 2. The Hall–Kier alpha value is -1.71. The lowest BCUT2D eigenvalue weighted by molar-refractivity contribution is 0.187. The molecular weight excluding hydrogens is 294 g/mol. The van der Waals surface area contributed by atoms with Gasteiger partial charge in [0.2, 0.25) is 0 Å². The van der Waals surface area contributed by atoms with Crippen molar-refractivity contribution in [1.82, 2.24) is 4.90 Å². The van der Waals surface area contributed by atoms with Gasteiger partial charge in [0.15, 0.2) is 0 Å². The summed E-state index contributed by atoms with van der Waals surface area (Å²) in [6, 6.07) is 14.3. The summed E-state index contributed by atoms with van der Waals surface area (Å²) in [6.45, 7) is 2.22. The summed E-state index contributed by atoms with van der Waals surface area (Å²) in [5.74, 6) is 0. The third-order valence-corrected chi connectivity index (χ3v) is 4.62. The van der Waals surface area contributed by atoms with Crippen LogP contribution in [0.25, 0.3) is 0 Å². The quantitative estimate of drug-likeness (QED) is 0.839. The zero-order valence-corrected chi connectivity index (χ0v) is 13.4. The van der Waals surface area contributed by atoms with Gasteiger partial charge in [0.25, 0.3) is 0 Å². The van der Waals surface area contributed by atoms with Gasteiger partial charge in [-0.25, -0.2) is 0 Å². The molecule has 0 aromatic heterocycles. The van der Waals surface area contributed by atoms with Crippen molar-refractivity contribution >= 4 is 23.0 Å². The summed E-state index contributed by atoms with van der Waals surface area (Å²) in [5, 5.41) is 0.762. The van der Waals surface area contributed by atoms with E-state index in [1.165, 1.54) is 30.4 Å². The lowest BCUT2D eigenvalue weighted by atomic mass is 9.94. The predicted molar refractivity (Wildman–Crippen MR) is 94.0 cm³/mol. The first-order valence-corrected chi connectivity index (χ1v) is 8.17. The molecule has 1 unspecified atom stereocenters. The summed E-state index contributed by atoms with van der Waals surface area (Å²) in [4.78, 5) is 2.53. The Morgan fingerprint density at radius 1 is 0.818 bits per heavy atom. The maximum Gasteiger partial charge on any atom is 0.0602 e. The summed E-state index contributed by atoms with van der Waals surface area (Å²) >= 11 is 6.04. The molecule has 4 N–H and O–H groups in total. The van der Waals surface area contributed by atoms with Crippen molar-refractivity contribution in [2.75, 3.05) is 24.6 Å². The van der Waals surface area contributed by atoms with Gasteiger partial charge in [-0.05, 0) is 61.3 Å². The van der Waals surface area contributed by atoms with E-state index in [2.05, 4.69) is 23.1 Å². The second kappa shape index (κ2) is 6.59. The molecule has 0 radical (unpaired) electrons. The highest BCUT2D eigenvalue weighted by Gasteiger charge is 2.24. The van der Waals surface area contributed by atoms with Crippen molar-refractivity contribution in [3.05, 3.63) is 58.6 Å². The van der Waals surface area contributed by atoms with Crippen LogP contribution in [0.4, 0.5) is 11.4 Å². The predicted octanol–water partition coefficient (Wildman–Crippen LogP) is 4.08. The van der Waals surface area contributed by atoms with Gasteiger partial charge in [0.05, 0.1) is 17.4 Å². The number of hydrogen-bond donors (Lipinski definition) is 2. The van der Waals surface area contributed by atoms with Crippen LogP contribution < -0.4 is 11.5 Å². The molecule has 2 aromatic carbocycles. The van der Waals surface area contributed by atoms with Gasteiger partial charge in [-0.3, -0.25) is 4.90 Å². The highest BCUT2D eigenvalue weighted by atomic mass is 35.5. The van der Waals surface area contributed by atoms with Crippen LogP contribution in [-0.4, -0.2) is 18.0 Å². The van der Waals surface area contributed by atoms with E-state index in [4.69, 9.17) is 23.1 Å². The Morgan fingerprint density at radius 3 is 2.09 bits per heavy atom. The molecule has 1 saturated heterocycles. The number of halogens is 1. The van der Waals surface area contributed by atoms with E-state index in [-0.39, 0.29) is 6.04 Å². The fraction of sp³-hybridized carbons (Fsp3) is 0.333. The number of anilines is 2. The first-order valence-electron chi connectivity index (χ1n) is 7.79. The number of piperidine rings is 1. The van der Waals surface area contributed by atoms with E-state index >= 15 is 0 Å². The number of nitrogens with zero attached hydrogens (tertiary/aromatic N) is 1. The summed E-state index contributed by atoms with van der Waals surface area (Å²) in [6.07, 6.45) is 3.80. The van der Waals surface area contributed by atoms with Gasteiger partial charge in [-0.2, -0.15) is 0 Å². The van der Waals surface area contributed by atoms with Gasteiger partial charge in [0.1, 0.15) is 0 Å². The van der Waals surface area contributed by atoms with Crippen molar-refractivity contribution in [2.45, 2.75) is 25.3 Å². The molecule has 22 heavy (non-hydrogen) atoms. The molecule has 1 aliphatic rings. The molecule has 2 aromatic rings. The van der Waals surface area contributed by atoms with E-state index in [0.29, 0.717) is 11.4 Å². The van der Waals surface area contributed by atoms with Crippen LogP contribution in [0.5, 0.6) is 0 Å². The highest BCUT2D eigenvalue weighted by Crippen LogP contribution is 2.33. The van der Waals surface area contributed by atoms with Gasteiger partial charge in [-0.1, -0.05) is 36.2 Å². The molecule has 0 spiro atoms. The molecule has 1 heterocycles. The highest BCUT2D eigenvalue weighted by molar-refractivity contribution is 6.30. The minimum Gasteiger partial charge on any atom is -0.397 e. The second-order valence-corrected chi connectivity index (χ2v) is 6.38. The van der Waals surface area contributed by atoms with Crippen molar-refractivity contribution in [1.29, 1.82) is 0 Å². The fourth-order valence-electron chi connectivity index (χ4n) is 3.20. The molecule has 1 atom stereocenters. The lowest BCUT2D eigenvalue weighted by Crippen LogP contribution is -2.34. The number of nitrogen functional groups attached to an aromatic ring is 2. The average molecular weight is 316 g/mol. The molecule has 0 aliphatic carbocycles. The maximum atomic E-state index is 6.04. The van der Waals surface area contributed by atoms with Gasteiger partial charge in [-0.15, -0.1) is 0 Å². The third-order valence-electron chi connectivity index (χ3n) is 4.37. The van der Waals surface area contributed by atoms with Crippen LogP contribution in [0.2, 0.25) is 5.02 Å². The summed E-state index contributed by atoms with van der Waals surface area (Å²) in [5.41, 5.74) is 15.6. The largest absolute Gasteiger partial charge is 0.397 e. The molecule has 116 valence electrons. The molecule has 0 bridgehead atoms. The zero-order valence-electron chi connectivity index (χ0n) is 12.6. The van der Waals surface area contributed by atoms with Crippen LogP contribution in [0.3, 0.4) is 0 Å². The minimum absolute atomic E-state index is 0.209. The van der Waals surface area contributed by atoms with E-state index in [9.17, 15) is 0 Å². The molecule has 1 aliphatic heterocycles. The van der Waals surface area contributed by atoms with Gasteiger partial charge < -0.3 is 11.5 Å². The Balaban J connectivity index is 2.01. The van der Waals surface area contributed by atoms with Crippen LogP contribution >= 0.6 is 11.6 Å². The number of hydrogen-bond acceptors (Lipinski definition) is 3. The molecule has 1 fully saturated rings. The number of likely N-dealkylation sites (tertiary alicyclic amines) is 1. The smallest absolute Gasteiger partial charge is 0.0602 e. The molecule has 4 heteroatoms. The Kier molecular flexibility index (Phi) is 4.55. The van der Waals surface area contributed by atoms with Crippen LogP contribution in [0.1, 0.15) is 36.4 Å². The Labute approximate surface area is 136 Å². The number of rotatable bonds is 3. The summed E-state index contributed by atoms with van der Waals surface area (Å²) < 4.78 is 0. The molecule has 3 rings (SSSR count). The van der Waals surface area contributed by atoms with E-state index in [1.54, 1.807) is 0 Å². The normalized spacial score (nSPS) is 17.3. The third kappa shape index (κ3) is 3.21. The second-order valence-electron chi connectivity index (χ2n) is 5.94. The van der Waals surface area contributed by atoms with Gasteiger partial charge >= 0.3 is 0 Å². The number of nitrogens with two attached hydrogens (primary N) is 2. The molecular formula is C18H22ClN3.